The van der Waals surface area contributed by atoms with Crippen LogP contribution in [0.25, 0.3) is 11.2 Å². The van der Waals surface area contributed by atoms with Crippen molar-refractivity contribution in [2.45, 2.75) is 38.1 Å². The van der Waals surface area contributed by atoms with Crippen molar-refractivity contribution < 1.29 is 36.2 Å². The molecule has 1 fully saturated rings. The molecule has 2 amide bonds. The van der Waals surface area contributed by atoms with Crippen LogP contribution in [-0.2, 0) is 22.4 Å². The summed E-state index contributed by atoms with van der Waals surface area (Å²) in [6, 6.07) is 2.58. The van der Waals surface area contributed by atoms with Crippen molar-refractivity contribution in [2.24, 2.45) is 0 Å². The number of aromatic amines is 1. The van der Waals surface area contributed by atoms with E-state index in [1.165, 1.54) is 0 Å². The van der Waals surface area contributed by atoms with Crippen LogP contribution in [-0.4, -0.2) is 78.0 Å². The van der Waals surface area contributed by atoms with Crippen molar-refractivity contribution in [1.29, 1.82) is 0 Å². The molecule has 1 aliphatic heterocycles. The number of hydrogen-bond acceptors (Lipinski definition) is 5. The zero-order chi connectivity index (χ0) is 23.2. The number of alkyl halides is 5. The van der Waals surface area contributed by atoms with Crippen LogP contribution in [0.15, 0.2) is 12.1 Å². The van der Waals surface area contributed by atoms with Crippen molar-refractivity contribution in [3.8, 4) is 0 Å². The zero-order valence-electron chi connectivity index (χ0n) is 17.2. The Bertz CT molecular complexity index is 874. The molecule has 1 aliphatic rings. The first-order valence-corrected chi connectivity index (χ1v) is 9.28. The normalized spacial score (nSPS) is 17.2. The lowest BCUT2D eigenvalue weighted by Gasteiger charge is -2.32. The average Bonchev–Trinajstić information content (AvgIpc) is 3.06. The maximum Gasteiger partial charge on any atom is 0.414 e. The molecule has 0 bridgehead atoms. The van der Waals surface area contributed by atoms with Crippen molar-refractivity contribution in [3.63, 3.8) is 0 Å². The van der Waals surface area contributed by atoms with E-state index in [1.807, 2.05) is 0 Å². The molecule has 1 saturated heterocycles. The molecule has 174 valence electrons. The number of fused-ring (bicyclic) bond motifs is 1. The molecule has 0 radical (unpaired) electrons. The molecule has 2 aromatic rings. The summed E-state index contributed by atoms with van der Waals surface area (Å²) in [5.74, 6) is -2.64. The molecular formula is C18H24F5N5O3. The van der Waals surface area contributed by atoms with Crippen LogP contribution in [0.2, 0.25) is 0 Å². The van der Waals surface area contributed by atoms with E-state index in [9.17, 15) is 26.7 Å². The van der Waals surface area contributed by atoms with Gasteiger partial charge in [-0.25, -0.2) is 23.5 Å². The number of pyridine rings is 1. The maximum absolute atomic E-state index is 13.5. The molecule has 0 unspecified atom stereocenters. The summed E-state index contributed by atoms with van der Waals surface area (Å²) in [4.78, 5) is 24.0. The van der Waals surface area contributed by atoms with Crippen LogP contribution in [0, 0.1) is 0 Å². The molecular weight excluding hydrogens is 429 g/mol. The van der Waals surface area contributed by atoms with Gasteiger partial charge in [-0.3, -0.25) is 0 Å². The number of nitrogens with one attached hydrogen (secondary N) is 2. The van der Waals surface area contributed by atoms with E-state index in [0.717, 1.165) is 11.8 Å². The minimum absolute atomic E-state index is 0.118. The van der Waals surface area contributed by atoms with Gasteiger partial charge in [-0.15, -0.1) is 0 Å². The highest BCUT2D eigenvalue weighted by Gasteiger charge is 2.39. The van der Waals surface area contributed by atoms with E-state index < -0.39 is 37.3 Å². The number of nitrogens with zero attached hydrogens (tertiary/aromatic N) is 3. The summed E-state index contributed by atoms with van der Waals surface area (Å²) in [7, 11) is 3.25. The number of halogens is 5. The maximum atomic E-state index is 13.5. The predicted molar refractivity (Wildman–Crippen MR) is 101 cm³/mol. The summed E-state index contributed by atoms with van der Waals surface area (Å²) in [6.07, 6.45) is -6.19. The van der Waals surface area contributed by atoms with Gasteiger partial charge in [-0.1, -0.05) is 0 Å². The topological polar surface area (TPSA) is 92.4 Å². The Labute approximate surface area is 175 Å². The van der Waals surface area contributed by atoms with Crippen molar-refractivity contribution in [3.05, 3.63) is 23.7 Å². The number of rotatable bonds is 6. The van der Waals surface area contributed by atoms with Crippen LogP contribution in [0.3, 0.4) is 0 Å². The third-order valence-electron chi connectivity index (χ3n) is 4.18. The van der Waals surface area contributed by atoms with Crippen LogP contribution in [0.5, 0.6) is 0 Å². The van der Waals surface area contributed by atoms with Crippen LogP contribution >= 0.6 is 0 Å². The number of carbonyl (C=O) groups is 1. The van der Waals surface area contributed by atoms with E-state index in [-0.39, 0.29) is 25.2 Å². The number of methoxy groups -OCH3 is 1. The molecule has 13 heteroatoms. The Morgan fingerprint density at radius 1 is 1.26 bits per heavy atom. The van der Waals surface area contributed by atoms with Gasteiger partial charge in [-0.2, -0.15) is 13.2 Å². The third kappa shape index (κ3) is 7.28. The lowest BCUT2D eigenvalue weighted by atomic mass is 10.2. The number of H-pyrrole nitrogens is 1. The molecule has 0 saturated carbocycles. The Balaban J connectivity index is 0.00000107. The fourth-order valence-corrected chi connectivity index (χ4v) is 2.66. The third-order valence-corrected chi connectivity index (χ3v) is 4.18. The highest BCUT2D eigenvalue weighted by atomic mass is 19.4. The van der Waals surface area contributed by atoms with Crippen LogP contribution in [0.1, 0.15) is 18.4 Å². The van der Waals surface area contributed by atoms with Gasteiger partial charge < -0.3 is 24.7 Å². The summed E-state index contributed by atoms with van der Waals surface area (Å²) in [6.45, 7) is -0.791. The number of ether oxygens (including phenoxy) is 2. The van der Waals surface area contributed by atoms with Crippen molar-refractivity contribution in [2.75, 3.05) is 33.9 Å². The first kappa shape index (κ1) is 24.7. The minimum Gasteiger partial charge on any atom is -0.388 e. The first-order valence-electron chi connectivity index (χ1n) is 9.28. The minimum atomic E-state index is -4.43. The number of urea groups is 1. The monoisotopic (exact) mass is 453 g/mol. The van der Waals surface area contributed by atoms with E-state index in [4.69, 9.17) is 4.74 Å². The Morgan fingerprint density at radius 3 is 2.58 bits per heavy atom. The number of aromatic nitrogens is 3. The van der Waals surface area contributed by atoms with Crippen molar-refractivity contribution >= 4 is 17.2 Å². The van der Waals surface area contributed by atoms with Gasteiger partial charge in [-0.05, 0) is 19.1 Å². The second-order valence-corrected chi connectivity index (χ2v) is 6.94. The Kier molecular flexibility index (Phi) is 8.12. The number of carbonyl (C=O) groups excluding carboxylic acids is 1. The summed E-state index contributed by atoms with van der Waals surface area (Å²) >= 11 is 0. The SMILES string of the molecule is COC.C[C@@H](OCCc1nc2nc(CN3CC(F)(F)CNC3=O)ccc2[nH]1)C(F)(F)F. The Morgan fingerprint density at radius 2 is 1.94 bits per heavy atom. The van der Waals surface area contributed by atoms with Gasteiger partial charge in [0.2, 0.25) is 0 Å². The first-order chi connectivity index (χ1) is 14.4. The number of amides is 2. The average molecular weight is 453 g/mol. The highest BCUT2D eigenvalue weighted by molar-refractivity contribution is 5.75. The van der Waals surface area contributed by atoms with E-state index in [1.54, 1.807) is 26.4 Å². The van der Waals surface area contributed by atoms with Gasteiger partial charge in [0.1, 0.15) is 5.82 Å². The van der Waals surface area contributed by atoms with E-state index >= 15 is 0 Å². The fourth-order valence-electron chi connectivity index (χ4n) is 2.66. The lowest BCUT2D eigenvalue weighted by Crippen LogP contribution is -2.56. The molecule has 3 heterocycles. The van der Waals surface area contributed by atoms with Crippen LogP contribution < -0.4 is 5.32 Å². The van der Waals surface area contributed by atoms with Gasteiger partial charge in [0.25, 0.3) is 5.92 Å². The van der Waals surface area contributed by atoms with E-state index in [0.29, 0.717) is 17.0 Å². The van der Waals surface area contributed by atoms with E-state index in [2.05, 4.69) is 25.0 Å². The largest absolute Gasteiger partial charge is 0.414 e. The number of hydrogen-bond donors (Lipinski definition) is 2. The summed E-state index contributed by atoms with van der Waals surface area (Å²) < 4.78 is 73.2. The smallest absolute Gasteiger partial charge is 0.388 e. The highest BCUT2D eigenvalue weighted by Crippen LogP contribution is 2.23. The molecule has 8 nitrogen and oxygen atoms in total. The molecule has 1 atom stereocenters. The Hall–Kier alpha value is -2.54. The molecule has 31 heavy (non-hydrogen) atoms. The quantitative estimate of drug-likeness (QED) is 0.657. The zero-order valence-corrected chi connectivity index (χ0v) is 17.2. The van der Waals surface area contributed by atoms with Gasteiger partial charge in [0.15, 0.2) is 11.8 Å². The molecule has 2 aromatic heterocycles. The van der Waals surface area contributed by atoms with Gasteiger partial charge >= 0.3 is 12.2 Å². The molecule has 3 rings (SSSR count). The van der Waals surface area contributed by atoms with Gasteiger partial charge in [0.05, 0.1) is 37.5 Å². The second kappa shape index (κ2) is 10.2. The second-order valence-electron chi connectivity index (χ2n) is 6.94. The predicted octanol–water partition coefficient (Wildman–Crippen LogP) is 2.89. The molecule has 0 aromatic carbocycles. The molecule has 0 aliphatic carbocycles. The standard InChI is InChI=1S/C16H18F5N5O2.C2H6O/c1-9(16(19,20)21)28-5-4-12-24-11-3-2-10(23-13(11)25-12)6-26-8-15(17,18)7-22-14(26)27;1-3-2/h2-3,9H,4-8H2,1H3,(H,22,27)(H,23,24,25);1-2H3/t9-;/m1./s1. The van der Waals surface area contributed by atoms with Crippen LogP contribution in [0.4, 0.5) is 26.7 Å². The molecule has 0 spiro atoms. The molecule has 2 N–H and O–H groups in total. The lowest BCUT2D eigenvalue weighted by molar-refractivity contribution is -0.213. The van der Waals surface area contributed by atoms with Gasteiger partial charge in [0, 0.05) is 20.6 Å². The number of imidazole rings is 1. The fraction of sp³-hybridized carbons (Fsp3) is 0.611. The van der Waals surface area contributed by atoms with Crippen molar-refractivity contribution in [1.82, 2.24) is 25.2 Å². The summed E-state index contributed by atoms with van der Waals surface area (Å²) in [5, 5.41) is 2.12. The summed E-state index contributed by atoms with van der Waals surface area (Å²) in [5.41, 5.74) is 1.18.